The van der Waals surface area contributed by atoms with Crippen molar-refractivity contribution < 1.29 is 0 Å². The molecule has 1 heterocycles. The molecule has 0 aliphatic rings. The second-order valence-corrected chi connectivity index (χ2v) is 3.64. The molecule has 0 fully saturated rings. The average molecular weight is 169 g/mol. The van der Waals surface area contributed by atoms with Gasteiger partial charge in [0.1, 0.15) is 0 Å². The van der Waals surface area contributed by atoms with Crippen molar-refractivity contribution in [2.75, 3.05) is 0 Å². The van der Waals surface area contributed by atoms with E-state index in [-0.39, 0.29) is 29.6 Å². The summed E-state index contributed by atoms with van der Waals surface area (Å²) in [6.45, 7) is 2.17. The van der Waals surface area contributed by atoms with Crippen molar-refractivity contribution in [3.8, 4) is 0 Å². The molecule has 0 saturated carbocycles. The Morgan fingerprint density at radius 3 is 2.43 bits per heavy atom. The molecule has 0 unspecified atom stereocenters. The van der Waals surface area contributed by atoms with Gasteiger partial charge in [-0.05, 0) is 0 Å². The third-order valence-corrected chi connectivity index (χ3v) is 2.34. The predicted octanol–water partition coefficient (Wildman–Crippen LogP) is 0.404. The summed E-state index contributed by atoms with van der Waals surface area (Å²) in [5.41, 5.74) is 0. The Hall–Kier alpha value is 0.999. The average Bonchev–Trinajstić information content (AvgIpc) is 1.86. The fourth-order valence-electron chi connectivity index (χ4n) is 0.361. The van der Waals surface area contributed by atoms with Crippen LogP contribution in [0.2, 0.25) is 0 Å². The minimum absolute atomic E-state index is 0. The summed E-state index contributed by atoms with van der Waals surface area (Å²) < 4.78 is 1.53. The summed E-state index contributed by atoms with van der Waals surface area (Å²) >= 11 is 0.708. The Kier molecular flexibility index (Phi) is 4.50. The Labute approximate surface area is 72.0 Å². The summed E-state index contributed by atoms with van der Waals surface area (Å²) in [6.07, 6.45) is 0. The third kappa shape index (κ3) is 2.73. The van der Waals surface area contributed by atoms with E-state index >= 15 is 0 Å². The number of aryl methyl sites for hydroxylation is 1. The molecule has 0 nitrogen and oxygen atoms in total. The Balaban J connectivity index is 0.000000360. The molecule has 2 heteroatoms. The quantitative estimate of drug-likeness (QED) is 0.493. The molecular formula is C5H7NaSe. The fraction of sp³-hybridized carbons (Fsp3) is 0.200. The van der Waals surface area contributed by atoms with Crippen molar-refractivity contribution in [1.29, 1.82) is 0 Å². The van der Waals surface area contributed by atoms with Crippen molar-refractivity contribution >= 4 is 44.1 Å². The minimum atomic E-state index is 0. The van der Waals surface area contributed by atoms with Crippen LogP contribution in [-0.4, -0.2) is 44.1 Å². The summed E-state index contributed by atoms with van der Waals surface area (Å²) in [5, 5.41) is 0. The van der Waals surface area contributed by atoms with Crippen LogP contribution in [0.15, 0.2) is 17.1 Å². The Bertz CT molecular complexity index is 112. The Morgan fingerprint density at radius 1 is 1.57 bits per heavy atom. The van der Waals surface area contributed by atoms with Gasteiger partial charge in [-0.25, -0.2) is 0 Å². The standard InChI is InChI=1S/C5H6Se.Na.H/c1-5-3-2-4-6-5;;/h2-4H,1H3;;. The molecule has 0 saturated heterocycles. The van der Waals surface area contributed by atoms with Gasteiger partial charge < -0.3 is 0 Å². The summed E-state index contributed by atoms with van der Waals surface area (Å²) in [5.74, 6) is 0. The summed E-state index contributed by atoms with van der Waals surface area (Å²) in [6, 6.07) is 4.29. The van der Waals surface area contributed by atoms with Gasteiger partial charge in [0.15, 0.2) is 0 Å². The molecule has 0 aliphatic carbocycles. The Morgan fingerprint density at radius 2 is 2.29 bits per heavy atom. The monoisotopic (exact) mass is 170 g/mol. The van der Waals surface area contributed by atoms with Crippen LogP contribution in [0.4, 0.5) is 0 Å². The molecule has 1 aromatic heterocycles. The van der Waals surface area contributed by atoms with Crippen LogP contribution in [-0.2, 0) is 0 Å². The maximum absolute atomic E-state index is 2.22. The summed E-state index contributed by atoms with van der Waals surface area (Å²) in [7, 11) is 0. The van der Waals surface area contributed by atoms with Crippen molar-refractivity contribution in [1.82, 2.24) is 0 Å². The molecular weight excluding hydrogens is 162 g/mol. The van der Waals surface area contributed by atoms with E-state index in [1.807, 2.05) is 0 Å². The number of hydrogen-bond donors (Lipinski definition) is 0. The number of rotatable bonds is 0. The van der Waals surface area contributed by atoms with Gasteiger partial charge in [0.25, 0.3) is 0 Å². The molecule has 7 heavy (non-hydrogen) atoms. The topological polar surface area (TPSA) is 0 Å². The van der Waals surface area contributed by atoms with E-state index in [2.05, 4.69) is 24.0 Å². The van der Waals surface area contributed by atoms with Crippen molar-refractivity contribution in [2.24, 2.45) is 0 Å². The third-order valence-electron chi connectivity index (χ3n) is 0.663. The molecule has 1 aromatic rings. The number of hydrogen-bond acceptors (Lipinski definition) is 0. The maximum atomic E-state index is 2.22. The molecule has 34 valence electrons. The predicted molar refractivity (Wildman–Crippen MR) is 35.3 cm³/mol. The van der Waals surface area contributed by atoms with Gasteiger partial charge in [-0.2, -0.15) is 0 Å². The van der Waals surface area contributed by atoms with E-state index in [9.17, 15) is 0 Å². The molecule has 0 amide bonds. The molecule has 0 aliphatic heterocycles. The van der Waals surface area contributed by atoms with E-state index in [4.69, 9.17) is 0 Å². The SMILES string of the molecule is Cc1ccc[se]1.[NaH]. The van der Waals surface area contributed by atoms with Gasteiger partial charge in [0.2, 0.25) is 0 Å². The van der Waals surface area contributed by atoms with Crippen LogP contribution in [0.25, 0.3) is 0 Å². The van der Waals surface area contributed by atoms with Gasteiger partial charge in [-0.1, -0.05) is 0 Å². The van der Waals surface area contributed by atoms with Gasteiger partial charge >= 0.3 is 72.5 Å². The zero-order valence-electron chi connectivity index (χ0n) is 3.64. The molecule has 1 rings (SSSR count). The van der Waals surface area contributed by atoms with Crippen LogP contribution >= 0.6 is 0 Å². The van der Waals surface area contributed by atoms with Crippen LogP contribution in [0, 0.1) is 6.92 Å². The van der Waals surface area contributed by atoms with Gasteiger partial charge in [0.05, 0.1) is 0 Å². The van der Waals surface area contributed by atoms with Gasteiger partial charge in [0, 0.05) is 0 Å². The van der Waals surface area contributed by atoms with Crippen LogP contribution in [0.3, 0.4) is 0 Å². The second kappa shape index (κ2) is 3.94. The van der Waals surface area contributed by atoms with Crippen LogP contribution in [0.1, 0.15) is 4.44 Å². The van der Waals surface area contributed by atoms with E-state index in [0.717, 1.165) is 0 Å². The molecule has 0 spiro atoms. The normalized spacial score (nSPS) is 7.57. The van der Waals surface area contributed by atoms with Crippen LogP contribution in [0.5, 0.6) is 0 Å². The zero-order valence-corrected chi connectivity index (χ0v) is 5.35. The first-order chi connectivity index (χ1) is 2.89. The van der Waals surface area contributed by atoms with Gasteiger partial charge in [-0.15, -0.1) is 0 Å². The van der Waals surface area contributed by atoms with E-state index in [1.54, 1.807) is 0 Å². The first kappa shape index (κ1) is 8.00. The molecule has 0 atom stereocenters. The first-order valence-corrected chi connectivity index (χ1v) is 3.74. The molecule has 0 bridgehead atoms. The first-order valence-electron chi connectivity index (χ1n) is 1.90. The molecule has 0 radical (unpaired) electrons. The van der Waals surface area contributed by atoms with Crippen LogP contribution < -0.4 is 0 Å². The fourth-order valence-corrected chi connectivity index (χ4v) is 1.47. The van der Waals surface area contributed by atoms with Crippen molar-refractivity contribution in [2.45, 2.75) is 6.92 Å². The van der Waals surface area contributed by atoms with E-state index in [0.29, 0.717) is 14.5 Å². The van der Waals surface area contributed by atoms with Crippen molar-refractivity contribution in [3.63, 3.8) is 0 Å². The zero-order chi connectivity index (χ0) is 4.41. The summed E-state index contributed by atoms with van der Waals surface area (Å²) in [4.78, 5) is 2.22. The second-order valence-electron chi connectivity index (χ2n) is 1.22. The molecule has 0 N–H and O–H groups in total. The van der Waals surface area contributed by atoms with E-state index in [1.165, 1.54) is 4.44 Å². The van der Waals surface area contributed by atoms with Gasteiger partial charge in [-0.3, -0.25) is 0 Å². The van der Waals surface area contributed by atoms with E-state index < -0.39 is 0 Å². The van der Waals surface area contributed by atoms with Crippen molar-refractivity contribution in [3.05, 3.63) is 21.5 Å². The molecule has 0 aromatic carbocycles.